The van der Waals surface area contributed by atoms with Crippen LogP contribution in [0.15, 0.2) is 22.5 Å². The Labute approximate surface area is 183 Å². The number of guanidine groups is 1. The van der Waals surface area contributed by atoms with Crippen LogP contribution in [0.4, 0.5) is 0 Å². The Kier molecular flexibility index (Phi) is 9.97. The van der Waals surface area contributed by atoms with Crippen LogP contribution in [0.3, 0.4) is 0 Å². The van der Waals surface area contributed by atoms with Gasteiger partial charge in [-0.05, 0) is 44.1 Å². The highest BCUT2D eigenvalue weighted by Crippen LogP contribution is 2.25. The summed E-state index contributed by atoms with van der Waals surface area (Å²) in [5, 5.41) is 19.1. The van der Waals surface area contributed by atoms with Gasteiger partial charge < -0.3 is 15.7 Å². The van der Waals surface area contributed by atoms with Crippen LogP contribution >= 0.6 is 35.3 Å². The fourth-order valence-corrected chi connectivity index (χ4v) is 4.58. The summed E-state index contributed by atoms with van der Waals surface area (Å²) >= 11 is 1.52. The monoisotopic (exact) mass is 530 g/mol. The lowest BCUT2D eigenvalue weighted by atomic mass is 9.98. The van der Waals surface area contributed by atoms with Gasteiger partial charge in [0.05, 0.1) is 12.8 Å². The quantitative estimate of drug-likeness (QED) is 0.284. The topological polar surface area (TPSA) is 94.0 Å². The smallest absolute Gasteiger partial charge is 0.211 e. The number of piperidine rings is 1. The number of rotatable bonds is 7. The van der Waals surface area contributed by atoms with Crippen molar-refractivity contribution in [1.82, 2.24) is 14.9 Å². The third-order valence-corrected chi connectivity index (χ3v) is 6.97. The second-order valence-corrected chi connectivity index (χ2v) is 9.86. The molecule has 0 saturated carbocycles. The van der Waals surface area contributed by atoms with E-state index >= 15 is 0 Å². The number of aliphatic imine (C=N–C) groups is 1. The van der Waals surface area contributed by atoms with Gasteiger partial charge in [-0.1, -0.05) is 6.07 Å². The molecule has 1 atom stereocenters. The molecule has 1 aromatic rings. The maximum Gasteiger partial charge on any atom is 0.211 e. The SMILES string of the molecule is CCNC(=NCC(C)(O)c1cccs1)NCC1CCN(S(C)(=O)=O)CC1.I. The Hall–Kier alpha value is -0.430. The standard InChI is InChI=1S/C17H30N4O3S2.HI/c1-4-18-16(20-13-17(2,22)15-6-5-11-25-15)19-12-14-7-9-21(10-8-14)26(3,23)24;/h5-6,11,14,22H,4,7-10,12-13H2,1-3H3,(H2,18,19,20);1H. The van der Waals surface area contributed by atoms with E-state index in [0.717, 1.165) is 30.8 Å². The van der Waals surface area contributed by atoms with Crippen molar-refractivity contribution in [1.29, 1.82) is 0 Å². The first-order chi connectivity index (χ1) is 12.2. The van der Waals surface area contributed by atoms with Gasteiger partial charge in [0.2, 0.25) is 10.0 Å². The average Bonchev–Trinajstić information content (AvgIpc) is 3.12. The molecule has 1 unspecified atom stereocenters. The molecule has 1 fully saturated rings. The molecule has 3 N–H and O–H groups in total. The number of aliphatic hydroxyl groups is 1. The second-order valence-electron chi connectivity index (χ2n) is 6.93. The summed E-state index contributed by atoms with van der Waals surface area (Å²) in [5.74, 6) is 1.09. The molecule has 27 heavy (non-hydrogen) atoms. The molecule has 0 aliphatic carbocycles. The van der Waals surface area contributed by atoms with Crippen molar-refractivity contribution in [3.05, 3.63) is 22.4 Å². The number of hydrogen-bond acceptors (Lipinski definition) is 5. The zero-order chi connectivity index (χ0) is 19.2. The molecule has 0 amide bonds. The average molecular weight is 530 g/mol. The van der Waals surface area contributed by atoms with E-state index in [4.69, 9.17) is 0 Å². The molecule has 10 heteroatoms. The number of sulfonamides is 1. The summed E-state index contributed by atoms with van der Waals surface area (Å²) in [4.78, 5) is 5.42. The molecule has 7 nitrogen and oxygen atoms in total. The van der Waals surface area contributed by atoms with Gasteiger partial charge in [-0.25, -0.2) is 17.7 Å². The van der Waals surface area contributed by atoms with Gasteiger partial charge in [-0.15, -0.1) is 35.3 Å². The van der Waals surface area contributed by atoms with E-state index in [1.54, 1.807) is 11.2 Å². The van der Waals surface area contributed by atoms with Crippen molar-refractivity contribution in [3.63, 3.8) is 0 Å². The van der Waals surface area contributed by atoms with Crippen LogP contribution in [0.1, 0.15) is 31.6 Å². The summed E-state index contributed by atoms with van der Waals surface area (Å²) < 4.78 is 24.7. The molecule has 1 aliphatic rings. The normalized spacial score (nSPS) is 19.2. The molecule has 156 valence electrons. The van der Waals surface area contributed by atoms with Crippen molar-refractivity contribution < 1.29 is 13.5 Å². The number of nitrogens with one attached hydrogen (secondary N) is 2. The number of nitrogens with zero attached hydrogens (tertiary/aromatic N) is 2. The number of hydrogen-bond donors (Lipinski definition) is 3. The summed E-state index contributed by atoms with van der Waals surface area (Å²) in [5.41, 5.74) is -0.989. The molecular formula is C17H31IN4O3S2. The van der Waals surface area contributed by atoms with E-state index in [1.807, 2.05) is 24.4 Å². The van der Waals surface area contributed by atoms with Crippen LogP contribution in [-0.2, 0) is 15.6 Å². The molecule has 0 spiro atoms. The fourth-order valence-electron chi connectivity index (χ4n) is 2.92. The van der Waals surface area contributed by atoms with E-state index < -0.39 is 15.6 Å². The maximum atomic E-state index is 11.6. The first-order valence-corrected chi connectivity index (χ1v) is 11.7. The molecule has 1 saturated heterocycles. The molecule has 1 aliphatic heterocycles. The van der Waals surface area contributed by atoms with E-state index in [-0.39, 0.29) is 30.5 Å². The predicted molar refractivity (Wildman–Crippen MR) is 122 cm³/mol. The van der Waals surface area contributed by atoms with Crippen LogP contribution < -0.4 is 10.6 Å². The minimum absolute atomic E-state index is 0. The van der Waals surface area contributed by atoms with E-state index in [9.17, 15) is 13.5 Å². The Balaban J connectivity index is 0.00000364. The Morgan fingerprint density at radius 3 is 2.59 bits per heavy atom. The highest BCUT2D eigenvalue weighted by Gasteiger charge is 2.26. The Bertz CT molecular complexity index is 685. The summed E-state index contributed by atoms with van der Waals surface area (Å²) in [6, 6.07) is 3.83. The van der Waals surface area contributed by atoms with Crippen LogP contribution in [0, 0.1) is 5.92 Å². The molecule has 1 aromatic heterocycles. The number of thiophene rings is 1. The maximum absolute atomic E-state index is 11.6. The Morgan fingerprint density at radius 2 is 2.07 bits per heavy atom. The predicted octanol–water partition coefficient (Wildman–Crippen LogP) is 1.80. The van der Waals surface area contributed by atoms with Crippen molar-refractivity contribution in [2.75, 3.05) is 39.0 Å². The van der Waals surface area contributed by atoms with Crippen molar-refractivity contribution >= 4 is 51.3 Å². The molecular weight excluding hydrogens is 499 g/mol. The molecule has 0 aromatic carbocycles. The van der Waals surface area contributed by atoms with Crippen LogP contribution in [0.2, 0.25) is 0 Å². The van der Waals surface area contributed by atoms with Crippen molar-refractivity contribution in [2.24, 2.45) is 10.9 Å². The minimum Gasteiger partial charge on any atom is -0.383 e. The second kappa shape index (κ2) is 10.9. The highest BCUT2D eigenvalue weighted by molar-refractivity contribution is 14.0. The van der Waals surface area contributed by atoms with Gasteiger partial charge in [0.15, 0.2) is 5.96 Å². The largest absolute Gasteiger partial charge is 0.383 e. The summed E-state index contributed by atoms with van der Waals surface area (Å²) in [6.45, 7) is 6.67. The Morgan fingerprint density at radius 1 is 1.41 bits per heavy atom. The van der Waals surface area contributed by atoms with Gasteiger partial charge in [0.25, 0.3) is 0 Å². The zero-order valence-corrected chi connectivity index (χ0v) is 20.1. The number of halogens is 1. The summed E-state index contributed by atoms with van der Waals surface area (Å²) in [6.07, 6.45) is 2.94. The van der Waals surface area contributed by atoms with Gasteiger partial charge in [0, 0.05) is 31.1 Å². The van der Waals surface area contributed by atoms with E-state index in [2.05, 4.69) is 15.6 Å². The third-order valence-electron chi connectivity index (χ3n) is 4.54. The lowest BCUT2D eigenvalue weighted by molar-refractivity contribution is 0.0711. The minimum atomic E-state index is -3.09. The lowest BCUT2D eigenvalue weighted by Gasteiger charge is -2.30. The highest BCUT2D eigenvalue weighted by atomic mass is 127. The van der Waals surface area contributed by atoms with Crippen LogP contribution in [0.5, 0.6) is 0 Å². The molecule has 0 radical (unpaired) electrons. The first-order valence-electron chi connectivity index (χ1n) is 8.96. The third kappa shape index (κ3) is 7.84. The van der Waals surface area contributed by atoms with Gasteiger partial charge in [-0.3, -0.25) is 0 Å². The van der Waals surface area contributed by atoms with Crippen molar-refractivity contribution in [3.8, 4) is 0 Å². The van der Waals surface area contributed by atoms with Gasteiger partial charge >= 0.3 is 0 Å². The zero-order valence-electron chi connectivity index (χ0n) is 16.1. The first kappa shape index (κ1) is 24.6. The molecule has 2 rings (SSSR count). The fraction of sp³-hybridized carbons (Fsp3) is 0.706. The molecule has 2 heterocycles. The van der Waals surface area contributed by atoms with Crippen LogP contribution in [-0.4, -0.2) is 62.8 Å². The van der Waals surface area contributed by atoms with Gasteiger partial charge in [-0.2, -0.15) is 0 Å². The molecule has 0 bridgehead atoms. The lowest BCUT2D eigenvalue weighted by Crippen LogP contribution is -2.44. The summed E-state index contributed by atoms with van der Waals surface area (Å²) in [7, 11) is -3.09. The van der Waals surface area contributed by atoms with E-state index in [1.165, 1.54) is 17.6 Å². The van der Waals surface area contributed by atoms with Crippen LogP contribution in [0.25, 0.3) is 0 Å². The van der Waals surface area contributed by atoms with Gasteiger partial charge in [0.1, 0.15) is 5.60 Å². The van der Waals surface area contributed by atoms with Crippen molar-refractivity contribution in [2.45, 2.75) is 32.3 Å². The van der Waals surface area contributed by atoms with E-state index in [0.29, 0.717) is 25.0 Å².